The van der Waals surface area contributed by atoms with Crippen molar-refractivity contribution in [1.82, 2.24) is 0 Å². The normalized spacial score (nSPS) is 25.2. The van der Waals surface area contributed by atoms with E-state index in [1.807, 2.05) is 0 Å². The predicted molar refractivity (Wildman–Crippen MR) is 55.0 cm³/mol. The summed E-state index contributed by atoms with van der Waals surface area (Å²) in [4.78, 5) is 0. The molecule has 0 spiro atoms. The summed E-state index contributed by atoms with van der Waals surface area (Å²) < 4.78 is 35.7. The van der Waals surface area contributed by atoms with Gasteiger partial charge in [-0.25, -0.2) is 0 Å². The first kappa shape index (κ1) is 10.6. The molecule has 0 radical (unpaired) electrons. The van der Waals surface area contributed by atoms with E-state index in [1.165, 1.54) is 6.21 Å². The van der Waals surface area contributed by atoms with Crippen molar-refractivity contribution in [2.45, 2.75) is 12.8 Å². The molecule has 0 saturated carbocycles. The van der Waals surface area contributed by atoms with E-state index in [4.69, 9.17) is 9.47 Å². The van der Waals surface area contributed by atoms with Crippen molar-refractivity contribution in [3.8, 4) is 0 Å². The Balaban J connectivity index is 1.81. The van der Waals surface area contributed by atoms with Gasteiger partial charge in [-0.2, -0.15) is 12.8 Å². The van der Waals surface area contributed by atoms with Crippen molar-refractivity contribution < 1.29 is 17.9 Å². The summed E-state index contributed by atoms with van der Waals surface area (Å²) in [6.45, 7) is 2.07. The highest BCUT2D eigenvalue weighted by atomic mass is 32.2. The van der Waals surface area contributed by atoms with Gasteiger partial charge >= 0.3 is 0 Å². The second kappa shape index (κ2) is 4.32. The molecule has 0 aromatic carbocycles. The molecule has 0 N–H and O–H groups in total. The van der Waals surface area contributed by atoms with Gasteiger partial charge in [0.1, 0.15) is 0 Å². The Hall–Kier alpha value is -0.880. The van der Waals surface area contributed by atoms with Crippen LogP contribution in [0.2, 0.25) is 0 Å². The lowest BCUT2D eigenvalue weighted by atomic mass is 10.0. The van der Waals surface area contributed by atoms with E-state index >= 15 is 0 Å². The van der Waals surface area contributed by atoms with Crippen molar-refractivity contribution >= 4 is 16.2 Å². The maximum atomic E-state index is 10.9. The molecule has 2 aliphatic rings. The van der Waals surface area contributed by atoms with Crippen LogP contribution in [0.25, 0.3) is 0 Å². The molecular formula is C9H13NO4S. The molecule has 1 fully saturated rings. The number of sulfonamides is 1. The van der Waals surface area contributed by atoms with E-state index in [9.17, 15) is 8.42 Å². The third-order valence-electron chi connectivity index (χ3n) is 2.42. The summed E-state index contributed by atoms with van der Waals surface area (Å²) in [5.74, 6) is 0.790. The maximum absolute atomic E-state index is 10.9. The minimum atomic E-state index is -3.39. The Kier molecular flexibility index (Phi) is 3.06. The van der Waals surface area contributed by atoms with Gasteiger partial charge in [-0.1, -0.05) is 0 Å². The third-order valence-corrected chi connectivity index (χ3v) is 3.35. The Morgan fingerprint density at radius 1 is 1.47 bits per heavy atom. The summed E-state index contributed by atoms with van der Waals surface area (Å²) in [6, 6.07) is 0. The second-order valence-corrected chi connectivity index (χ2v) is 5.11. The molecule has 0 atom stereocenters. The quantitative estimate of drug-likeness (QED) is 0.716. The molecule has 0 unspecified atom stereocenters. The molecule has 6 heteroatoms. The monoisotopic (exact) mass is 231 g/mol. The molecule has 0 aliphatic carbocycles. The zero-order valence-electron chi connectivity index (χ0n) is 8.26. The van der Waals surface area contributed by atoms with Crippen LogP contribution < -0.4 is 0 Å². The molecule has 1 saturated heterocycles. The molecule has 0 amide bonds. The molecule has 0 bridgehead atoms. The number of rotatable bonds is 3. The summed E-state index contributed by atoms with van der Waals surface area (Å²) in [5, 5.41) is 1.05. The molecule has 5 nitrogen and oxygen atoms in total. The van der Waals surface area contributed by atoms with E-state index in [0.717, 1.165) is 31.5 Å². The first-order valence-electron chi connectivity index (χ1n) is 4.88. The SMILES string of the molecule is O=S1(=O)C=C(OCC2CCOCC2)C=N1. The van der Waals surface area contributed by atoms with E-state index in [2.05, 4.69) is 4.40 Å². The highest BCUT2D eigenvalue weighted by Gasteiger charge is 2.17. The molecule has 2 rings (SSSR count). The fraction of sp³-hybridized carbons (Fsp3) is 0.667. The van der Waals surface area contributed by atoms with Gasteiger partial charge in [-0.15, -0.1) is 0 Å². The number of nitrogens with zero attached hydrogens (tertiary/aromatic N) is 1. The zero-order chi connectivity index (χ0) is 10.7. The maximum Gasteiger partial charge on any atom is 0.279 e. The lowest BCUT2D eigenvalue weighted by molar-refractivity contribution is 0.0400. The highest BCUT2D eigenvalue weighted by molar-refractivity contribution is 7.93. The number of ether oxygens (including phenoxy) is 2. The summed E-state index contributed by atoms with van der Waals surface area (Å²) in [6.07, 6.45) is 3.18. The Bertz CT molecular complexity index is 379. The average Bonchev–Trinajstić information content (AvgIpc) is 2.57. The van der Waals surface area contributed by atoms with Crippen LogP contribution in [0, 0.1) is 5.92 Å². The van der Waals surface area contributed by atoms with Crippen LogP contribution in [-0.2, 0) is 19.5 Å². The van der Waals surface area contributed by atoms with Crippen LogP contribution in [0.5, 0.6) is 0 Å². The topological polar surface area (TPSA) is 65.0 Å². The summed E-state index contributed by atoms with van der Waals surface area (Å²) >= 11 is 0. The highest BCUT2D eigenvalue weighted by Crippen LogP contribution is 2.17. The predicted octanol–water partition coefficient (Wildman–Crippen LogP) is 0.685. The van der Waals surface area contributed by atoms with Crippen molar-refractivity contribution in [3.63, 3.8) is 0 Å². The first-order valence-corrected chi connectivity index (χ1v) is 6.39. The minimum absolute atomic E-state index is 0.335. The molecule has 0 aromatic rings. The van der Waals surface area contributed by atoms with Crippen LogP contribution in [0.4, 0.5) is 0 Å². The average molecular weight is 231 g/mol. The smallest absolute Gasteiger partial charge is 0.279 e. The van der Waals surface area contributed by atoms with Crippen LogP contribution in [0.1, 0.15) is 12.8 Å². The van der Waals surface area contributed by atoms with E-state index < -0.39 is 10.0 Å². The van der Waals surface area contributed by atoms with Gasteiger partial charge in [0.15, 0.2) is 5.76 Å². The van der Waals surface area contributed by atoms with Crippen molar-refractivity contribution in [3.05, 3.63) is 11.2 Å². The zero-order valence-corrected chi connectivity index (χ0v) is 9.07. The second-order valence-electron chi connectivity index (χ2n) is 3.64. The Labute approximate surface area is 88.8 Å². The van der Waals surface area contributed by atoms with E-state index in [-0.39, 0.29) is 0 Å². The summed E-state index contributed by atoms with van der Waals surface area (Å²) in [7, 11) is -3.39. The van der Waals surface area contributed by atoms with Crippen LogP contribution >= 0.6 is 0 Å². The number of allylic oxidation sites excluding steroid dienone is 1. The van der Waals surface area contributed by atoms with Gasteiger partial charge in [0.2, 0.25) is 0 Å². The Morgan fingerprint density at radius 3 is 2.80 bits per heavy atom. The van der Waals surface area contributed by atoms with Crippen molar-refractivity contribution in [1.29, 1.82) is 0 Å². The number of hydrogen-bond acceptors (Lipinski definition) is 4. The van der Waals surface area contributed by atoms with Gasteiger partial charge in [-0.3, -0.25) is 0 Å². The number of hydrogen-bond donors (Lipinski definition) is 0. The van der Waals surface area contributed by atoms with Gasteiger partial charge in [0, 0.05) is 13.2 Å². The van der Waals surface area contributed by atoms with Crippen LogP contribution in [0.15, 0.2) is 15.6 Å². The third kappa shape index (κ3) is 3.04. The minimum Gasteiger partial charge on any atom is -0.491 e. The standard InChI is InChI=1S/C9H13NO4S/c11-15(12)7-9(5-10-15)14-6-8-1-3-13-4-2-8/h5,7-8H,1-4,6H2. The van der Waals surface area contributed by atoms with Gasteiger partial charge in [0.05, 0.1) is 18.2 Å². The largest absolute Gasteiger partial charge is 0.491 e. The van der Waals surface area contributed by atoms with Crippen molar-refractivity contribution in [2.75, 3.05) is 19.8 Å². The lowest BCUT2D eigenvalue weighted by Crippen LogP contribution is -2.20. The van der Waals surface area contributed by atoms with Crippen LogP contribution in [0.3, 0.4) is 0 Å². The Morgan fingerprint density at radius 2 is 2.20 bits per heavy atom. The lowest BCUT2D eigenvalue weighted by Gasteiger charge is -2.21. The van der Waals surface area contributed by atoms with Crippen molar-refractivity contribution in [2.24, 2.45) is 10.3 Å². The first-order chi connectivity index (χ1) is 7.16. The van der Waals surface area contributed by atoms with Crippen LogP contribution in [-0.4, -0.2) is 34.5 Å². The van der Waals surface area contributed by atoms with E-state index in [1.54, 1.807) is 0 Å². The fourth-order valence-corrected chi connectivity index (χ4v) is 2.27. The molecule has 84 valence electrons. The van der Waals surface area contributed by atoms with Gasteiger partial charge in [-0.05, 0) is 18.8 Å². The molecule has 2 aliphatic heterocycles. The van der Waals surface area contributed by atoms with Gasteiger partial charge in [0.25, 0.3) is 10.0 Å². The van der Waals surface area contributed by atoms with Gasteiger partial charge < -0.3 is 9.47 Å². The van der Waals surface area contributed by atoms with E-state index in [0.29, 0.717) is 18.3 Å². The molecule has 2 heterocycles. The molecular weight excluding hydrogens is 218 g/mol. The molecule has 15 heavy (non-hydrogen) atoms. The summed E-state index contributed by atoms with van der Waals surface area (Å²) in [5.41, 5.74) is 0. The fourth-order valence-electron chi connectivity index (χ4n) is 1.53. The molecule has 0 aromatic heterocycles.